The molecule has 2 unspecified atom stereocenters. The molecule has 13 heteroatoms. The number of aliphatic carboxylic acids is 1. The van der Waals surface area contributed by atoms with E-state index < -0.39 is 12.0 Å². The van der Waals surface area contributed by atoms with Gasteiger partial charge in [0.25, 0.3) is 0 Å². The van der Waals surface area contributed by atoms with E-state index in [0.717, 1.165) is 29.3 Å². The van der Waals surface area contributed by atoms with Gasteiger partial charge in [0.1, 0.15) is 6.54 Å². The van der Waals surface area contributed by atoms with Gasteiger partial charge in [0, 0.05) is 36.0 Å². The number of carbonyl (C=O) groups is 2. The second kappa shape index (κ2) is 18.4. The average Bonchev–Trinajstić information content (AvgIpc) is 3.64. The number of guanidine groups is 1. The van der Waals surface area contributed by atoms with Crippen molar-refractivity contribution in [1.82, 2.24) is 25.6 Å². The second-order valence-electron chi connectivity index (χ2n) is 10.0. The molecule has 11 nitrogen and oxygen atoms in total. The minimum atomic E-state index is -0.988. The van der Waals surface area contributed by atoms with Gasteiger partial charge in [-0.15, -0.1) is 5.10 Å². The lowest BCUT2D eigenvalue weighted by Crippen LogP contribution is -2.33. The number of hydrogen-bond donors (Lipinski definition) is 4. The molecule has 1 aromatic carbocycles. The van der Waals surface area contributed by atoms with Crippen molar-refractivity contribution in [3.63, 3.8) is 0 Å². The summed E-state index contributed by atoms with van der Waals surface area (Å²) in [6, 6.07) is 8.42. The molecule has 41 heavy (non-hydrogen) atoms. The summed E-state index contributed by atoms with van der Waals surface area (Å²) < 4.78 is 1.45. The fraction of sp³-hybridized carbons (Fsp3) is 0.571. The molecule has 0 aliphatic carbocycles. The van der Waals surface area contributed by atoms with Crippen LogP contribution >= 0.6 is 21.6 Å². The number of amides is 1. The molecule has 1 aliphatic rings. The fourth-order valence-corrected chi connectivity index (χ4v) is 7.40. The molecule has 2 heterocycles. The number of carbonyl (C=O) groups excluding carboxylic acids is 1. The number of carboxylic acids is 1. The van der Waals surface area contributed by atoms with Crippen molar-refractivity contribution in [2.45, 2.75) is 76.1 Å². The Morgan fingerprint density at radius 2 is 2.02 bits per heavy atom. The van der Waals surface area contributed by atoms with Crippen LogP contribution in [0.15, 0.2) is 46.5 Å². The van der Waals surface area contributed by atoms with E-state index in [4.69, 9.17) is 5.73 Å². The van der Waals surface area contributed by atoms with Crippen LogP contribution in [0.5, 0.6) is 0 Å². The highest BCUT2D eigenvalue weighted by Gasteiger charge is 2.18. The normalized spacial score (nSPS) is 16.5. The molecule has 224 valence electrons. The Hall–Kier alpha value is -3.06. The van der Waals surface area contributed by atoms with Gasteiger partial charge in [0.05, 0.1) is 24.7 Å². The lowest BCUT2D eigenvalue weighted by Gasteiger charge is -2.17. The Kier molecular flexibility index (Phi) is 14.6. The highest BCUT2D eigenvalue weighted by atomic mass is 33.1. The van der Waals surface area contributed by atoms with E-state index in [1.54, 1.807) is 18.3 Å². The third-order valence-corrected chi connectivity index (χ3v) is 9.53. The quantitative estimate of drug-likeness (QED) is 0.0865. The number of hydrogen-bond acceptors (Lipinski definition) is 8. The predicted molar refractivity (Wildman–Crippen MR) is 167 cm³/mol. The van der Waals surface area contributed by atoms with E-state index in [9.17, 15) is 14.7 Å². The van der Waals surface area contributed by atoms with Gasteiger partial charge >= 0.3 is 5.97 Å². The van der Waals surface area contributed by atoms with Crippen molar-refractivity contribution in [2.75, 3.05) is 25.4 Å². The third-order valence-electron chi connectivity index (χ3n) is 6.52. The van der Waals surface area contributed by atoms with Gasteiger partial charge in [-0.25, -0.2) is 4.68 Å². The Morgan fingerprint density at radius 3 is 2.78 bits per heavy atom. The van der Waals surface area contributed by atoms with Gasteiger partial charge in [-0.3, -0.25) is 19.6 Å². The number of nitrogens with zero attached hydrogens (tertiary/aromatic N) is 5. The Bertz CT molecular complexity index is 1140. The number of rotatable bonds is 18. The van der Waals surface area contributed by atoms with Crippen LogP contribution in [0, 0.1) is 0 Å². The van der Waals surface area contributed by atoms with Crippen molar-refractivity contribution < 1.29 is 14.7 Å². The van der Waals surface area contributed by atoms with Crippen molar-refractivity contribution in [2.24, 2.45) is 15.7 Å². The van der Waals surface area contributed by atoms with Crippen LogP contribution in [0.4, 0.5) is 0 Å². The van der Waals surface area contributed by atoms with E-state index in [0.29, 0.717) is 32.0 Å². The molecular weight excluding hydrogens is 560 g/mol. The molecule has 1 fully saturated rings. The molecule has 3 rings (SSSR count). The van der Waals surface area contributed by atoms with Crippen molar-refractivity contribution in [3.8, 4) is 0 Å². The summed E-state index contributed by atoms with van der Waals surface area (Å²) in [5, 5.41) is 24.1. The Labute approximate surface area is 250 Å². The van der Waals surface area contributed by atoms with Crippen LogP contribution in [-0.4, -0.2) is 74.3 Å². The number of aryl methyl sites for hydroxylation is 1. The van der Waals surface area contributed by atoms with Gasteiger partial charge in [-0.05, 0) is 51.0 Å². The van der Waals surface area contributed by atoms with Gasteiger partial charge in [0.15, 0.2) is 5.96 Å². The number of carboxylic acid groups (broad SMARTS) is 1. The largest absolute Gasteiger partial charge is 0.481 e. The zero-order valence-corrected chi connectivity index (χ0v) is 25.3. The molecule has 5 N–H and O–H groups in total. The summed E-state index contributed by atoms with van der Waals surface area (Å²) in [5.74, 6) is 0.380. The maximum Gasteiger partial charge on any atom is 0.305 e. The molecule has 1 amide bonds. The first-order valence-corrected chi connectivity index (χ1v) is 16.5. The second-order valence-corrected chi connectivity index (χ2v) is 12.8. The van der Waals surface area contributed by atoms with Crippen LogP contribution < -0.4 is 16.4 Å². The zero-order valence-electron chi connectivity index (χ0n) is 23.7. The summed E-state index contributed by atoms with van der Waals surface area (Å²) in [4.78, 5) is 32.8. The third kappa shape index (κ3) is 13.4. The SMILES string of the molecule is CC(CCCCC1CCSS1)=NCCNC(N)=NCCCc1cn(CC(=O)NC(CC(=O)O)c2ccccc2)nn1. The number of nitrogens with two attached hydrogens (primary N) is 1. The molecular formula is C28H42N8O3S2. The van der Waals surface area contributed by atoms with E-state index in [2.05, 4.69) is 48.6 Å². The molecule has 2 atom stereocenters. The summed E-state index contributed by atoms with van der Waals surface area (Å²) in [7, 11) is 4.06. The number of benzene rings is 1. The maximum atomic E-state index is 12.5. The molecule has 1 aliphatic heterocycles. The average molecular weight is 603 g/mol. The zero-order chi connectivity index (χ0) is 29.3. The molecule has 1 saturated heterocycles. The van der Waals surface area contributed by atoms with Crippen LogP contribution in [0.2, 0.25) is 0 Å². The number of aliphatic imine (C=N–C) groups is 2. The van der Waals surface area contributed by atoms with Crippen LogP contribution in [0.1, 0.15) is 69.2 Å². The Balaban J connectivity index is 1.28. The first-order valence-electron chi connectivity index (χ1n) is 14.2. The lowest BCUT2D eigenvalue weighted by atomic mass is 10.0. The minimum Gasteiger partial charge on any atom is -0.481 e. The van der Waals surface area contributed by atoms with Crippen LogP contribution in [0.3, 0.4) is 0 Å². The molecule has 0 radical (unpaired) electrons. The van der Waals surface area contributed by atoms with E-state index in [-0.39, 0.29) is 18.9 Å². The fourth-order valence-electron chi connectivity index (χ4n) is 4.37. The summed E-state index contributed by atoms with van der Waals surface area (Å²) in [6.45, 7) is 3.92. The van der Waals surface area contributed by atoms with Crippen molar-refractivity contribution >= 4 is 45.1 Å². The topological polar surface area (TPSA) is 160 Å². The minimum absolute atomic E-state index is 0.0498. The number of nitrogens with one attached hydrogen (secondary N) is 2. The number of unbranched alkanes of at least 4 members (excludes halogenated alkanes) is 1. The van der Waals surface area contributed by atoms with Crippen LogP contribution in [-0.2, 0) is 22.6 Å². The monoisotopic (exact) mass is 602 g/mol. The highest BCUT2D eigenvalue weighted by molar-refractivity contribution is 8.77. The number of aromatic nitrogens is 3. The van der Waals surface area contributed by atoms with Gasteiger partial charge in [0.2, 0.25) is 5.91 Å². The molecule has 1 aromatic heterocycles. The predicted octanol–water partition coefficient (Wildman–Crippen LogP) is 3.62. The van der Waals surface area contributed by atoms with Gasteiger partial charge in [-0.1, -0.05) is 63.6 Å². The molecule has 0 bridgehead atoms. The molecule has 2 aromatic rings. The van der Waals surface area contributed by atoms with E-state index in [1.165, 1.54) is 41.8 Å². The van der Waals surface area contributed by atoms with Gasteiger partial charge in [-0.2, -0.15) is 0 Å². The lowest BCUT2D eigenvalue weighted by molar-refractivity contribution is -0.137. The van der Waals surface area contributed by atoms with Crippen LogP contribution in [0.25, 0.3) is 0 Å². The maximum absolute atomic E-state index is 12.5. The van der Waals surface area contributed by atoms with E-state index >= 15 is 0 Å². The highest BCUT2D eigenvalue weighted by Crippen LogP contribution is 2.39. The Morgan fingerprint density at radius 1 is 1.20 bits per heavy atom. The standard InChI is InChI=1S/C28H42N8O3S2/c1-21(8-5-6-12-24-13-17-40-41-24)30-15-16-32-28(29)31-14-7-11-23-19-36(35-34-23)20-26(37)33-25(18-27(38)39)22-9-3-2-4-10-22/h2-4,9-10,19,24-25H,5-8,11-18,20H2,1H3,(H,33,37)(H,38,39)(H3,29,31,32). The molecule has 0 spiro atoms. The van der Waals surface area contributed by atoms with Crippen molar-refractivity contribution in [3.05, 3.63) is 47.8 Å². The first kappa shape index (κ1) is 32.5. The summed E-state index contributed by atoms with van der Waals surface area (Å²) in [6.07, 6.45) is 9.10. The van der Waals surface area contributed by atoms with E-state index in [1.807, 2.05) is 29.0 Å². The smallest absolute Gasteiger partial charge is 0.305 e. The summed E-state index contributed by atoms with van der Waals surface area (Å²) >= 11 is 0. The van der Waals surface area contributed by atoms with Crippen molar-refractivity contribution in [1.29, 1.82) is 0 Å². The first-order chi connectivity index (χ1) is 19.9. The summed E-state index contributed by atoms with van der Waals surface area (Å²) in [5.41, 5.74) is 8.64. The molecule has 0 saturated carbocycles. The van der Waals surface area contributed by atoms with Gasteiger partial charge < -0.3 is 21.5 Å².